The molecular weight excluding hydrogens is 496 g/mol. The molecule has 2 aromatic carbocycles. The second-order valence-corrected chi connectivity index (χ2v) is 9.75. The van der Waals surface area contributed by atoms with Gasteiger partial charge in [0.2, 0.25) is 5.91 Å². The molecule has 2 amide bonds. The first-order chi connectivity index (χ1) is 17.4. The quantitative estimate of drug-likeness (QED) is 0.330. The maximum Gasteiger partial charge on any atom is 0.266 e. The number of rotatable bonds is 6. The average Bonchev–Trinajstić information content (AvgIpc) is 3.56. The van der Waals surface area contributed by atoms with E-state index in [1.807, 2.05) is 60.0 Å². The van der Waals surface area contributed by atoms with Crippen LogP contribution in [-0.4, -0.2) is 33.5 Å². The molecule has 0 saturated carbocycles. The molecule has 3 heterocycles. The fourth-order valence-electron chi connectivity index (χ4n) is 4.05. The Hall–Kier alpha value is -3.75. The van der Waals surface area contributed by atoms with Gasteiger partial charge in [-0.25, -0.2) is 4.99 Å². The van der Waals surface area contributed by atoms with Crippen LogP contribution in [0.3, 0.4) is 0 Å². The SMILES string of the molecule is Cc1c(/C=C2\SC(=Nc3ccc(Cl)cc3)N(C)C2=O)c2ccccc2n1CC(=O)NCc1ccco1. The highest BCUT2D eigenvalue weighted by atomic mass is 35.5. The summed E-state index contributed by atoms with van der Waals surface area (Å²) < 4.78 is 7.26. The average molecular weight is 519 g/mol. The van der Waals surface area contributed by atoms with Crippen LogP contribution in [0.2, 0.25) is 5.02 Å². The van der Waals surface area contributed by atoms with Gasteiger partial charge >= 0.3 is 0 Å². The predicted octanol–water partition coefficient (Wildman–Crippen LogP) is 5.75. The number of likely N-dealkylation sites (N-methyl/N-ethyl adjacent to an activating group) is 1. The maximum absolute atomic E-state index is 13.0. The summed E-state index contributed by atoms with van der Waals surface area (Å²) in [6.07, 6.45) is 3.47. The first-order valence-electron chi connectivity index (χ1n) is 11.3. The number of benzene rings is 2. The van der Waals surface area contributed by atoms with Crippen molar-refractivity contribution in [1.82, 2.24) is 14.8 Å². The van der Waals surface area contributed by atoms with Crippen molar-refractivity contribution >= 4 is 63.0 Å². The second kappa shape index (κ2) is 10.1. The van der Waals surface area contributed by atoms with Crippen LogP contribution in [0.4, 0.5) is 5.69 Å². The number of para-hydroxylation sites is 1. The van der Waals surface area contributed by atoms with E-state index in [0.717, 1.165) is 27.8 Å². The summed E-state index contributed by atoms with van der Waals surface area (Å²) in [7, 11) is 1.71. The van der Waals surface area contributed by atoms with Crippen molar-refractivity contribution in [3.63, 3.8) is 0 Å². The van der Waals surface area contributed by atoms with Crippen molar-refractivity contribution < 1.29 is 14.0 Å². The molecule has 5 rings (SSSR count). The Morgan fingerprint density at radius 3 is 2.67 bits per heavy atom. The number of amidine groups is 1. The number of carbonyl (C=O) groups excluding carboxylic acids is 2. The number of fused-ring (bicyclic) bond motifs is 1. The smallest absolute Gasteiger partial charge is 0.266 e. The summed E-state index contributed by atoms with van der Waals surface area (Å²) in [5.74, 6) is 0.442. The van der Waals surface area contributed by atoms with E-state index in [4.69, 9.17) is 16.0 Å². The number of hydrogen-bond donors (Lipinski definition) is 1. The molecule has 0 bridgehead atoms. The Morgan fingerprint density at radius 2 is 1.92 bits per heavy atom. The number of hydrogen-bond acceptors (Lipinski definition) is 5. The van der Waals surface area contributed by atoms with Crippen LogP contribution in [0.5, 0.6) is 0 Å². The summed E-state index contributed by atoms with van der Waals surface area (Å²) in [6, 6.07) is 18.6. The van der Waals surface area contributed by atoms with Crippen LogP contribution in [0.15, 0.2) is 81.2 Å². The third-order valence-electron chi connectivity index (χ3n) is 5.95. The van der Waals surface area contributed by atoms with Crippen molar-refractivity contribution in [1.29, 1.82) is 0 Å². The molecule has 0 aliphatic carbocycles. The molecule has 0 radical (unpaired) electrons. The zero-order valence-corrected chi connectivity index (χ0v) is 21.3. The van der Waals surface area contributed by atoms with Crippen molar-refractivity contribution in [2.45, 2.75) is 20.0 Å². The molecule has 9 heteroatoms. The normalized spacial score (nSPS) is 16.0. The number of halogens is 1. The van der Waals surface area contributed by atoms with Crippen molar-refractivity contribution in [2.75, 3.05) is 7.05 Å². The van der Waals surface area contributed by atoms with E-state index in [9.17, 15) is 9.59 Å². The van der Waals surface area contributed by atoms with Gasteiger partial charge in [0, 0.05) is 34.2 Å². The molecule has 182 valence electrons. The van der Waals surface area contributed by atoms with Crippen molar-refractivity contribution in [3.8, 4) is 0 Å². The third-order valence-corrected chi connectivity index (χ3v) is 7.26. The van der Waals surface area contributed by atoms with Crippen LogP contribution in [0.1, 0.15) is 17.0 Å². The lowest BCUT2D eigenvalue weighted by atomic mass is 10.1. The summed E-state index contributed by atoms with van der Waals surface area (Å²) in [5.41, 5.74) is 3.45. The molecule has 0 atom stereocenters. The molecule has 36 heavy (non-hydrogen) atoms. The fourth-order valence-corrected chi connectivity index (χ4v) is 5.15. The van der Waals surface area contributed by atoms with Crippen LogP contribution >= 0.6 is 23.4 Å². The number of thioether (sulfide) groups is 1. The van der Waals surface area contributed by atoms with E-state index in [0.29, 0.717) is 27.4 Å². The third kappa shape index (κ3) is 4.82. The summed E-state index contributed by atoms with van der Waals surface area (Å²) in [6.45, 7) is 2.44. The molecule has 1 saturated heterocycles. The molecule has 0 unspecified atom stereocenters. The predicted molar refractivity (Wildman–Crippen MR) is 144 cm³/mol. The van der Waals surface area contributed by atoms with Crippen molar-refractivity contribution in [2.24, 2.45) is 4.99 Å². The lowest BCUT2D eigenvalue weighted by molar-refractivity contribution is -0.122. The monoisotopic (exact) mass is 518 g/mol. The number of aliphatic imine (C=N–C) groups is 1. The van der Waals surface area contributed by atoms with E-state index in [1.165, 1.54) is 11.8 Å². The molecule has 1 aliphatic rings. The van der Waals surface area contributed by atoms with E-state index >= 15 is 0 Å². The summed E-state index contributed by atoms with van der Waals surface area (Å²) in [5, 5.41) is 5.09. The van der Waals surface area contributed by atoms with Gasteiger partial charge in [-0.2, -0.15) is 0 Å². The first-order valence-corrected chi connectivity index (χ1v) is 12.5. The van der Waals surface area contributed by atoms with Gasteiger partial charge in [0.15, 0.2) is 5.17 Å². The molecular formula is C27H23ClN4O3S. The van der Waals surface area contributed by atoms with Gasteiger partial charge in [-0.3, -0.25) is 14.5 Å². The van der Waals surface area contributed by atoms with Gasteiger partial charge in [-0.15, -0.1) is 0 Å². The van der Waals surface area contributed by atoms with Gasteiger partial charge in [-0.1, -0.05) is 29.8 Å². The Bertz CT molecular complexity index is 1500. The molecule has 1 aliphatic heterocycles. The zero-order chi connectivity index (χ0) is 25.2. The van der Waals surface area contributed by atoms with E-state index in [1.54, 1.807) is 36.4 Å². The van der Waals surface area contributed by atoms with Crippen molar-refractivity contribution in [3.05, 3.63) is 93.9 Å². The van der Waals surface area contributed by atoms with Gasteiger partial charge in [0.05, 0.1) is 23.4 Å². The Kier molecular flexibility index (Phi) is 6.71. The van der Waals surface area contributed by atoms with E-state index in [-0.39, 0.29) is 18.4 Å². The zero-order valence-electron chi connectivity index (χ0n) is 19.7. The minimum Gasteiger partial charge on any atom is -0.467 e. The van der Waals surface area contributed by atoms with Crippen LogP contribution in [0.25, 0.3) is 17.0 Å². The van der Waals surface area contributed by atoms with Gasteiger partial charge in [-0.05, 0) is 67.2 Å². The first kappa shape index (κ1) is 24.0. The van der Waals surface area contributed by atoms with Gasteiger partial charge in [0.25, 0.3) is 5.91 Å². The Labute approximate surface area is 217 Å². The van der Waals surface area contributed by atoms with Crippen LogP contribution in [-0.2, 0) is 22.7 Å². The highest BCUT2D eigenvalue weighted by molar-refractivity contribution is 8.18. The highest BCUT2D eigenvalue weighted by Crippen LogP contribution is 2.36. The molecule has 1 N–H and O–H groups in total. The lowest BCUT2D eigenvalue weighted by Gasteiger charge is -2.09. The highest BCUT2D eigenvalue weighted by Gasteiger charge is 2.31. The molecule has 0 spiro atoms. The van der Waals surface area contributed by atoms with E-state index < -0.39 is 0 Å². The Morgan fingerprint density at radius 1 is 1.14 bits per heavy atom. The van der Waals surface area contributed by atoms with Gasteiger partial charge in [0.1, 0.15) is 12.3 Å². The maximum atomic E-state index is 13.0. The number of nitrogens with one attached hydrogen (secondary N) is 1. The number of nitrogens with zero attached hydrogens (tertiary/aromatic N) is 3. The van der Waals surface area contributed by atoms with E-state index in [2.05, 4.69) is 10.3 Å². The fraction of sp³-hybridized carbons (Fsp3) is 0.148. The van der Waals surface area contributed by atoms with Crippen LogP contribution < -0.4 is 5.32 Å². The number of aromatic nitrogens is 1. The number of amides is 2. The van der Waals surface area contributed by atoms with Gasteiger partial charge < -0.3 is 14.3 Å². The van der Waals surface area contributed by atoms with Crippen LogP contribution in [0, 0.1) is 6.92 Å². The number of carbonyl (C=O) groups is 2. The molecule has 7 nitrogen and oxygen atoms in total. The largest absolute Gasteiger partial charge is 0.467 e. The Balaban J connectivity index is 1.44. The summed E-state index contributed by atoms with van der Waals surface area (Å²) >= 11 is 7.30. The molecule has 2 aromatic heterocycles. The molecule has 1 fully saturated rings. The minimum atomic E-state index is -0.127. The topological polar surface area (TPSA) is 79.8 Å². The lowest BCUT2D eigenvalue weighted by Crippen LogP contribution is -2.27. The molecule has 4 aromatic rings. The standard InChI is InChI=1S/C27H23ClN4O3S/c1-17-22(14-24-26(34)31(2)27(36-24)30-19-11-9-18(28)10-12-19)21-7-3-4-8-23(21)32(17)16-25(33)29-15-20-6-5-13-35-20/h3-14H,15-16H2,1-2H3,(H,29,33)/b24-14-,30-27?. The minimum absolute atomic E-state index is 0.125. The second-order valence-electron chi connectivity index (χ2n) is 8.30. The number of furan rings is 1. The summed E-state index contributed by atoms with van der Waals surface area (Å²) in [4.78, 5) is 32.5.